The zero-order chi connectivity index (χ0) is 23.7. The lowest BCUT2D eigenvalue weighted by Crippen LogP contribution is -2.51. The van der Waals surface area contributed by atoms with Crippen LogP contribution in [0.15, 0.2) is 42.5 Å². The molecule has 2 rings (SSSR count). The van der Waals surface area contributed by atoms with E-state index in [0.29, 0.717) is 33.3 Å². The van der Waals surface area contributed by atoms with Crippen LogP contribution in [0.4, 0.5) is 4.39 Å². The fourth-order valence-electron chi connectivity index (χ4n) is 3.14. The number of halogens is 3. The first kappa shape index (κ1) is 26.5. The van der Waals surface area contributed by atoms with Crippen LogP contribution in [0, 0.1) is 5.82 Å². The first-order valence-electron chi connectivity index (χ1n) is 10.6. The summed E-state index contributed by atoms with van der Waals surface area (Å²) < 4.78 is 13.9. The molecule has 0 fully saturated rings. The molecule has 0 radical (unpaired) electrons. The fraction of sp³-hybridized carbons (Fsp3) is 0.417. The molecule has 8 heteroatoms. The van der Waals surface area contributed by atoms with E-state index in [0.717, 1.165) is 6.42 Å². The lowest BCUT2D eigenvalue weighted by molar-refractivity contribution is -0.139. The predicted octanol–water partition coefficient (Wildman–Crippen LogP) is 6.09. The minimum atomic E-state index is -0.641. The third kappa shape index (κ3) is 7.68. The highest BCUT2D eigenvalue weighted by Gasteiger charge is 2.29. The summed E-state index contributed by atoms with van der Waals surface area (Å²) >= 11 is 13.7. The van der Waals surface area contributed by atoms with Crippen LogP contribution in [-0.4, -0.2) is 34.6 Å². The largest absolute Gasteiger partial charge is 0.352 e. The minimum absolute atomic E-state index is 0.00283. The summed E-state index contributed by atoms with van der Waals surface area (Å²) in [5, 5.41) is 3.91. The van der Waals surface area contributed by atoms with Crippen LogP contribution in [0.25, 0.3) is 0 Å². The number of thioether (sulfide) groups is 1. The van der Waals surface area contributed by atoms with Crippen molar-refractivity contribution >= 4 is 46.8 Å². The van der Waals surface area contributed by atoms with Gasteiger partial charge < -0.3 is 10.2 Å². The number of benzene rings is 2. The van der Waals surface area contributed by atoms with Crippen LogP contribution in [-0.2, 0) is 21.9 Å². The Morgan fingerprint density at radius 1 is 1.09 bits per heavy atom. The Hall–Kier alpha value is -1.76. The lowest BCUT2D eigenvalue weighted by atomic mass is 10.1. The number of carbonyl (C=O) groups excluding carboxylic acids is 2. The Bertz CT molecular complexity index is 929. The lowest BCUT2D eigenvalue weighted by Gasteiger charge is -2.31. The number of rotatable bonds is 11. The van der Waals surface area contributed by atoms with Crippen LogP contribution in [0.3, 0.4) is 0 Å². The van der Waals surface area contributed by atoms with Crippen molar-refractivity contribution in [1.29, 1.82) is 0 Å². The van der Waals surface area contributed by atoms with E-state index in [4.69, 9.17) is 23.2 Å². The molecule has 174 valence electrons. The van der Waals surface area contributed by atoms with E-state index in [9.17, 15) is 14.0 Å². The van der Waals surface area contributed by atoms with Gasteiger partial charge >= 0.3 is 0 Å². The Kier molecular flexibility index (Phi) is 10.8. The average molecular weight is 499 g/mol. The van der Waals surface area contributed by atoms with Crippen LogP contribution >= 0.6 is 35.0 Å². The monoisotopic (exact) mass is 498 g/mol. The highest BCUT2D eigenvalue weighted by molar-refractivity contribution is 7.99. The summed E-state index contributed by atoms with van der Waals surface area (Å²) in [5.74, 6) is -0.212. The molecule has 2 aromatic rings. The highest BCUT2D eigenvalue weighted by Crippen LogP contribution is 2.25. The SMILES string of the molecule is CC[C@H](C)NC(=O)[C@H](CC)N(Cc1ccc(Cl)cc1Cl)C(=O)CSCc1ccccc1F. The predicted molar refractivity (Wildman–Crippen MR) is 132 cm³/mol. The van der Waals surface area contributed by atoms with E-state index < -0.39 is 6.04 Å². The van der Waals surface area contributed by atoms with Crippen LogP contribution in [0.5, 0.6) is 0 Å². The number of nitrogens with one attached hydrogen (secondary N) is 1. The van der Waals surface area contributed by atoms with Gasteiger partial charge in [-0.2, -0.15) is 0 Å². The zero-order valence-corrected chi connectivity index (χ0v) is 20.9. The molecule has 0 bridgehead atoms. The summed E-state index contributed by atoms with van der Waals surface area (Å²) in [4.78, 5) is 27.7. The minimum Gasteiger partial charge on any atom is -0.352 e. The molecule has 2 aromatic carbocycles. The summed E-state index contributed by atoms with van der Waals surface area (Å²) in [5.41, 5.74) is 1.25. The Morgan fingerprint density at radius 3 is 2.44 bits per heavy atom. The van der Waals surface area contributed by atoms with Crippen molar-refractivity contribution in [2.24, 2.45) is 0 Å². The number of hydrogen-bond acceptors (Lipinski definition) is 3. The molecular formula is C24H29Cl2FN2O2S. The average Bonchev–Trinajstić information content (AvgIpc) is 2.76. The molecule has 0 spiro atoms. The standard InChI is InChI=1S/C24H29Cl2FN2O2S/c1-4-16(3)28-24(31)22(5-2)29(13-17-10-11-19(25)12-20(17)26)23(30)15-32-14-18-8-6-7-9-21(18)27/h6-12,16,22H,4-5,13-15H2,1-3H3,(H,28,31)/t16-,22-/m0/s1. The van der Waals surface area contributed by atoms with Crippen molar-refractivity contribution in [3.63, 3.8) is 0 Å². The van der Waals surface area contributed by atoms with E-state index in [1.807, 2.05) is 20.8 Å². The van der Waals surface area contributed by atoms with Crippen LogP contribution in [0.2, 0.25) is 10.0 Å². The Labute approximate surface area is 203 Å². The molecule has 0 saturated carbocycles. The number of nitrogens with zero attached hydrogens (tertiary/aromatic N) is 1. The summed E-state index contributed by atoms with van der Waals surface area (Å²) in [7, 11) is 0. The summed E-state index contributed by atoms with van der Waals surface area (Å²) in [6.45, 7) is 5.97. The smallest absolute Gasteiger partial charge is 0.243 e. The first-order chi connectivity index (χ1) is 15.3. The topological polar surface area (TPSA) is 49.4 Å². The van der Waals surface area contributed by atoms with Gasteiger partial charge in [-0.25, -0.2) is 4.39 Å². The zero-order valence-electron chi connectivity index (χ0n) is 18.5. The molecule has 0 aliphatic rings. The molecule has 0 aliphatic heterocycles. The van der Waals surface area contributed by atoms with E-state index in [2.05, 4.69) is 5.32 Å². The normalized spacial score (nSPS) is 12.8. The molecule has 0 saturated heterocycles. The van der Waals surface area contributed by atoms with Crippen LogP contribution in [0.1, 0.15) is 44.7 Å². The summed E-state index contributed by atoms with van der Waals surface area (Å²) in [6.07, 6.45) is 1.24. The third-order valence-electron chi connectivity index (χ3n) is 5.18. The van der Waals surface area contributed by atoms with E-state index >= 15 is 0 Å². The third-order valence-corrected chi connectivity index (χ3v) is 6.74. The van der Waals surface area contributed by atoms with Crippen molar-refractivity contribution in [2.75, 3.05) is 5.75 Å². The maximum absolute atomic E-state index is 13.9. The van der Waals surface area contributed by atoms with Gasteiger partial charge in [0.1, 0.15) is 11.9 Å². The molecule has 0 unspecified atom stereocenters. The molecule has 0 heterocycles. The first-order valence-corrected chi connectivity index (χ1v) is 12.5. The van der Waals surface area contributed by atoms with E-state index in [-0.39, 0.29) is 36.0 Å². The molecule has 4 nitrogen and oxygen atoms in total. The molecule has 1 N–H and O–H groups in total. The van der Waals surface area contributed by atoms with Crippen molar-refractivity contribution in [3.05, 3.63) is 69.5 Å². The van der Waals surface area contributed by atoms with Gasteiger partial charge in [-0.3, -0.25) is 9.59 Å². The van der Waals surface area contributed by atoms with Crippen molar-refractivity contribution in [2.45, 2.75) is 58.0 Å². The van der Waals surface area contributed by atoms with Gasteiger partial charge in [0.2, 0.25) is 11.8 Å². The molecule has 0 aliphatic carbocycles. The van der Waals surface area contributed by atoms with Crippen LogP contribution < -0.4 is 5.32 Å². The summed E-state index contributed by atoms with van der Waals surface area (Å²) in [6, 6.07) is 10.9. The van der Waals surface area contributed by atoms with Gasteiger partial charge in [-0.1, -0.05) is 61.3 Å². The van der Waals surface area contributed by atoms with Gasteiger partial charge in [0.05, 0.1) is 5.75 Å². The number of hydrogen-bond donors (Lipinski definition) is 1. The van der Waals surface area contributed by atoms with Gasteiger partial charge in [-0.15, -0.1) is 11.8 Å². The second-order valence-electron chi connectivity index (χ2n) is 7.58. The Balaban J connectivity index is 2.20. The second-order valence-corrected chi connectivity index (χ2v) is 9.41. The number of amides is 2. The molecule has 2 atom stereocenters. The molecule has 32 heavy (non-hydrogen) atoms. The van der Waals surface area contributed by atoms with Gasteiger partial charge in [0.25, 0.3) is 0 Å². The second kappa shape index (κ2) is 13.1. The molecular weight excluding hydrogens is 470 g/mol. The molecule has 0 aromatic heterocycles. The maximum Gasteiger partial charge on any atom is 0.243 e. The maximum atomic E-state index is 13.9. The van der Waals surface area contributed by atoms with Crippen molar-refractivity contribution in [3.8, 4) is 0 Å². The van der Waals surface area contributed by atoms with Gasteiger partial charge in [0, 0.05) is 28.4 Å². The molecule has 2 amide bonds. The number of carbonyl (C=O) groups is 2. The van der Waals surface area contributed by atoms with E-state index in [1.54, 1.807) is 41.3 Å². The van der Waals surface area contributed by atoms with Crippen molar-refractivity contribution in [1.82, 2.24) is 10.2 Å². The quantitative estimate of drug-likeness (QED) is 0.407. The van der Waals surface area contributed by atoms with Crippen molar-refractivity contribution < 1.29 is 14.0 Å². The van der Waals surface area contributed by atoms with Gasteiger partial charge in [-0.05, 0) is 49.1 Å². The van der Waals surface area contributed by atoms with Gasteiger partial charge in [0.15, 0.2) is 0 Å². The fourth-order valence-corrected chi connectivity index (χ4v) is 4.51. The Morgan fingerprint density at radius 2 is 1.81 bits per heavy atom. The van der Waals surface area contributed by atoms with E-state index in [1.165, 1.54) is 17.8 Å². The highest BCUT2D eigenvalue weighted by atomic mass is 35.5.